The molecule has 2 saturated heterocycles. The molecule has 1 amide bonds. The normalized spacial score (nSPS) is 30.9. The molecule has 180 valence electrons. The number of fused-ring (bicyclic) bond motifs is 2. The summed E-state index contributed by atoms with van der Waals surface area (Å²) in [6.07, 6.45) is 3.34. The van der Waals surface area contributed by atoms with E-state index in [9.17, 15) is 18.0 Å². The SMILES string of the molecule is CC1(C)C2CCC1(CS(=O)(=O)N1CCC3(CC1)SCCN3C(=O)c1ccc(Cl)cc1)C(=O)C2. The van der Waals surface area contributed by atoms with E-state index in [4.69, 9.17) is 11.6 Å². The number of Topliss-reactive ketones (excluding diaryl/α,β-unsaturated/α-hetero) is 1. The summed E-state index contributed by atoms with van der Waals surface area (Å²) in [5, 5.41) is 0.590. The van der Waals surface area contributed by atoms with Gasteiger partial charge in [-0.2, -0.15) is 0 Å². The highest BCUT2D eigenvalue weighted by atomic mass is 35.5. The van der Waals surface area contributed by atoms with Crippen LogP contribution in [0.1, 0.15) is 56.3 Å². The van der Waals surface area contributed by atoms with Crippen molar-refractivity contribution in [2.24, 2.45) is 16.7 Å². The lowest BCUT2D eigenvalue weighted by Crippen LogP contribution is -2.55. The van der Waals surface area contributed by atoms with Gasteiger partial charge in [-0.3, -0.25) is 9.59 Å². The number of nitrogens with zero attached hydrogens (tertiary/aromatic N) is 2. The summed E-state index contributed by atoms with van der Waals surface area (Å²) < 4.78 is 28.6. The van der Waals surface area contributed by atoms with E-state index in [0.717, 1.165) is 12.2 Å². The van der Waals surface area contributed by atoms with Crippen molar-refractivity contribution in [3.63, 3.8) is 0 Å². The molecule has 2 saturated carbocycles. The summed E-state index contributed by atoms with van der Waals surface area (Å²) in [6, 6.07) is 6.93. The van der Waals surface area contributed by atoms with Gasteiger partial charge in [-0.15, -0.1) is 11.8 Å². The number of benzene rings is 1. The zero-order valence-electron chi connectivity index (χ0n) is 19.2. The van der Waals surface area contributed by atoms with Gasteiger partial charge < -0.3 is 4.90 Å². The minimum absolute atomic E-state index is 0.0258. The fourth-order valence-corrected chi connectivity index (χ4v) is 10.5. The molecular formula is C24H31ClN2O4S2. The molecule has 2 aliphatic carbocycles. The minimum Gasteiger partial charge on any atom is -0.323 e. The van der Waals surface area contributed by atoms with E-state index in [1.54, 1.807) is 40.3 Å². The molecule has 4 aliphatic rings. The monoisotopic (exact) mass is 510 g/mol. The van der Waals surface area contributed by atoms with Gasteiger partial charge in [-0.25, -0.2) is 12.7 Å². The molecule has 0 radical (unpaired) electrons. The van der Waals surface area contributed by atoms with Crippen molar-refractivity contribution in [3.8, 4) is 0 Å². The first-order valence-electron chi connectivity index (χ1n) is 11.7. The highest BCUT2D eigenvalue weighted by molar-refractivity contribution is 8.00. The van der Waals surface area contributed by atoms with Crippen molar-refractivity contribution in [1.82, 2.24) is 9.21 Å². The fraction of sp³-hybridized carbons (Fsp3) is 0.667. The number of hydrogen-bond donors (Lipinski definition) is 0. The van der Waals surface area contributed by atoms with Crippen LogP contribution in [0.5, 0.6) is 0 Å². The second kappa shape index (κ2) is 7.97. The van der Waals surface area contributed by atoms with E-state index in [2.05, 4.69) is 13.8 Å². The van der Waals surface area contributed by atoms with E-state index in [0.29, 0.717) is 61.8 Å². The van der Waals surface area contributed by atoms with E-state index in [1.807, 2.05) is 4.90 Å². The van der Waals surface area contributed by atoms with Crippen LogP contribution in [0.25, 0.3) is 0 Å². The molecule has 33 heavy (non-hydrogen) atoms. The van der Waals surface area contributed by atoms with Crippen molar-refractivity contribution in [3.05, 3.63) is 34.9 Å². The Hall–Kier alpha value is -1.09. The topological polar surface area (TPSA) is 74.8 Å². The van der Waals surface area contributed by atoms with Crippen molar-refractivity contribution >= 4 is 45.1 Å². The number of carbonyl (C=O) groups is 2. The third-order valence-electron chi connectivity index (χ3n) is 8.98. The lowest BCUT2D eigenvalue weighted by atomic mass is 9.70. The summed E-state index contributed by atoms with van der Waals surface area (Å²) in [7, 11) is -3.57. The van der Waals surface area contributed by atoms with E-state index in [1.165, 1.54) is 0 Å². The lowest BCUT2D eigenvalue weighted by Gasteiger charge is -2.44. The number of hydrogen-bond acceptors (Lipinski definition) is 5. The molecule has 5 rings (SSSR count). The van der Waals surface area contributed by atoms with Crippen LogP contribution in [0.15, 0.2) is 24.3 Å². The highest BCUT2D eigenvalue weighted by Crippen LogP contribution is 2.64. The van der Waals surface area contributed by atoms with Gasteiger partial charge in [-0.1, -0.05) is 25.4 Å². The highest BCUT2D eigenvalue weighted by Gasteiger charge is 2.65. The molecule has 2 atom stereocenters. The van der Waals surface area contributed by atoms with Crippen LogP contribution < -0.4 is 0 Å². The molecule has 4 fully saturated rings. The Balaban J connectivity index is 1.30. The van der Waals surface area contributed by atoms with Gasteiger partial charge in [-0.05, 0) is 61.3 Å². The van der Waals surface area contributed by atoms with E-state index >= 15 is 0 Å². The Morgan fingerprint density at radius 3 is 2.36 bits per heavy atom. The second-order valence-electron chi connectivity index (χ2n) is 10.6. The van der Waals surface area contributed by atoms with Gasteiger partial charge in [0.15, 0.2) is 0 Å². The van der Waals surface area contributed by atoms with Crippen LogP contribution in [-0.4, -0.2) is 65.3 Å². The molecule has 0 aromatic heterocycles. The van der Waals surface area contributed by atoms with E-state index in [-0.39, 0.29) is 27.7 Å². The molecule has 1 aromatic rings. The van der Waals surface area contributed by atoms with Gasteiger partial charge in [0.2, 0.25) is 10.0 Å². The Morgan fingerprint density at radius 2 is 1.79 bits per heavy atom. The largest absolute Gasteiger partial charge is 0.323 e. The predicted molar refractivity (Wildman–Crippen MR) is 131 cm³/mol. The first kappa shape index (κ1) is 23.6. The number of rotatable bonds is 4. The van der Waals surface area contributed by atoms with Crippen LogP contribution in [0.2, 0.25) is 5.02 Å². The van der Waals surface area contributed by atoms with Crippen molar-refractivity contribution in [2.75, 3.05) is 31.1 Å². The Kier molecular flexibility index (Phi) is 5.71. The first-order chi connectivity index (χ1) is 15.5. The molecule has 6 nitrogen and oxygen atoms in total. The molecular weight excluding hydrogens is 480 g/mol. The summed E-state index contributed by atoms with van der Waals surface area (Å²) in [6.45, 7) is 5.57. The van der Waals surface area contributed by atoms with Crippen LogP contribution >= 0.6 is 23.4 Å². The average molecular weight is 511 g/mol. The average Bonchev–Trinajstić information content (AvgIpc) is 3.33. The van der Waals surface area contributed by atoms with Gasteiger partial charge in [0.05, 0.1) is 10.6 Å². The Morgan fingerprint density at radius 1 is 1.12 bits per heavy atom. The summed E-state index contributed by atoms with van der Waals surface area (Å²) in [5.74, 6) is 1.18. The molecule has 2 bridgehead atoms. The number of sulfonamides is 1. The van der Waals surface area contributed by atoms with Gasteiger partial charge in [0, 0.05) is 47.8 Å². The zero-order chi connectivity index (χ0) is 23.6. The molecule has 2 heterocycles. The van der Waals surface area contributed by atoms with Crippen LogP contribution in [-0.2, 0) is 14.8 Å². The second-order valence-corrected chi connectivity index (χ2v) is 14.4. The molecule has 0 N–H and O–H groups in total. The van der Waals surface area contributed by atoms with Gasteiger partial charge in [0.1, 0.15) is 5.78 Å². The standard InChI is InChI=1S/C24H31ClN2O4S2/c1-22(2)18-7-8-23(22,20(28)15-18)16-33(30,31)26-11-9-24(10-12-26)27(13-14-32-24)21(29)17-3-5-19(25)6-4-17/h3-6,18H,7-16H2,1-2H3. The summed E-state index contributed by atoms with van der Waals surface area (Å²) in [5.41, 5.74) is -0.408. The van der Waals surface area contributed by atoms with Crippen LogP contribution in [0, 0.1) is 16.7 Å². The fourth-order valence-electron chi connectivity index (χ4n) is 6.68. The summed E-state index contributed by atoms with van der Waals surface area (Å²) >= 11 is 7.73. The summed E-state index contributed by atoms with van der Waals surface area (Å²) in [4.78, 5) is 27.7. The van der Waals surface area contributed by atoms with Gasteiger partial charge in [0.25, 0.3) is 5.91 Å². The lowest BCUT2D eigenvalue weighted by molar-refractivity contribution is -0.128. The Labute approximate surface area is 205 Å². The third kappa shape index (κ3) is 3.58. The van der Waals surface area contributed by atoms with Crippen molar-refractivity contribution in [2.45, 2.75) is 50.8 Å². The van der Waals surface area contributed by atoms with Crippen molar-refractivity contribution in [1.29, 1.82) is 0 Å². The quantitative estimate of drug-likeness (QED) is 0.611. The predicted octanol–water partition coefficient (Wildman–Crippen LogP) is 4.05. The maximum Gasteiger partial charge on any atom is 0.254 e. The number of carbonyl (C=O) groups excluding carboxylic acids is 2. The smallest absolute Gasteiger partial charge is 0.254 e. The van der Waals surface area contributed by atoms with Crippen LogP contribution in [0.3, 0.4) is 0 Å². The minimum atomic E-state index is -3.57. The number of piperidine rings is 1. The third-order valence-corrected chi connectivity index (χ3v) is 12.8. The molecule has 1 aromatic carbocycles. The number of amides is 1. The molecule has 9 heteroatoms. The number of halogens is 1. The molecule has 1 spiro atoms. The first-order valence-corrected chi connectivity index (χ1v) is 14.7. The van der Waals surface area contributed by atoms with Gasteiger partial charge >= 0.3 is 0 Å². The van der Waals surface area contributed by atoms with Crippen LogP contribution in [0.4, 0.5) is 0 Å². The maximum absolute atomic E-state index is 13.5. The maximum atomic E-state index is 13.5. The number of ketones is 1. The van der Waals surface area contributed by atoms with Crippen molar-refractivity contribution < 1.29 is 18.0 Å². The Bertz CT molecular complexity index is 1080. The molecule has 2 aliphatic heterocycles. The zero-order valence-corrected chi connectivity index (χ0v) is 21.6. The van der Waals surface area contributed by atoms with E-state index < -0.39 is 15.4 Å². The molecule has 2 unspecified atom stereocenters. The number of thioether (sulfide) groups is 1.